The summed E-state index contributed by atoms with van der Waals surface area (Å²) in [5.41, 5.74) is 6.30. The molecule has 0 spiro atoms. The molecule has 158 valence electrons. The quantitative estimate of drug-likeness (QED) is 0.422. The Morgan fingerprint density at radius 3 is 2.65 bits per heavy atom. The van der Waals surface area contributed by atoms with Gasteiger partial charge >= 0.3 is 0 Å². The number of nitrogen functional groups attached to an aromatic ring is 1. The number of aliphatic hydroxyl groups is 2. The molecule has 0 fully saturated rings. The van der Waals surface area contributed by atoms with Gasteiger partial charge in [0.05, 0.1) is 29.6 Å². The van der Waals surface area contributed by atoms with E-state index in [2.05, 4.69) is 31.8 Å². The zero-order chi connectivity index (χ0) is 22.2. The number of fused-ring (bicyclic) bond motifs is 1. The Hall–Kier alpha value is -3.32. The Bertz CT molecular complexity index is 1290. The van der Waals surface area contributed by atoms with Crippen molar-refractivity contribution in [3.63, 3.8) is 0 Å². The average Bonchev–Trinajstić information content (AvgIpc) is 3.34. The van der Waals surface area contributed by atoms with E-state index in [-0.39, 0.29) is 5.95 Å². The lowest BCUT2D eigenvalue weighted by Crippen LogP contribution is -2.25. The van der Waals surface area contributed by atoms with Crippen molar-refractivity contribution in [3.8, 4) is 23.1 Å². The SMILES string of the molecule is CC(C)(O)Cn1cc(-c2ccnc(N)n2)c2cc(C#CC(C)(O)c3nccs3)ncc21. The van der Waals surface area contributed by atoms with Crippen molar-refractivity contribution in [2.75, 3.05) is 5.73 Å². The summed E-state index contributed by atoms with van der Waals surface area (Å²) in [7, 11) is 0. The number of rotatable bonds is 4. The number of thiazole rings is 1. The highest BCUT2D eigenvalue weighted by Crippen LogP contribution is 2.31. The average molecular weight is 435 g/mol. The molecule has 0 aliphatic rings. The Kier molecular flexibility index (Phi) is 5.23. The minimum Gasteiger partial charge on any atom is -0.389 e. The Morgan fingerprint density at radius 1 is 1.16 bits per heavy atom. The molecule has 0 aliphatic heterocycles. The normalized spacial score (nSPS) is 13.6. The zero-order valence-electron chi connectivity index (χ0n) is 17.4. The Balaban J connectivity index is 1.83. The lowest BCUT2D eigenvalue weighted by Gasteiger charge is -2.18. The molecule has 4 rings (SSSR count). The molecule has 4 aromatic heterocycles. The van der Waals surface area contributed by atoms with E-state index < -0.39 is 11.2 Å². The highest BCUT2D eigenvalue weighted by atomic mass is 32.1. The molecule has 9 heteroatoms. The van der Waals surface area contributed by atoms with Crippen LogP contribution in [-0.2, 0) is 12.1 Å². The van der Waals surface area contributed by atoms with Crippen molar-refractivity contribution in [2.24, 2.45) is 0 Å². The van der Waals surface area contributed by atoms with E-state index >= 15 is 0 Å². The first-order valence-corrected chi connectivity index (χ1v) is 10.5. The van der Waals surface area contributed by atoms with Gasteiger partial charge in [0.15, 0.2) is 5.60 Å². The molecule has 0 saturated heterocycles. The van der Waals surface area contributed by atoms with Gasteiger partial charge in [0.25, 0.3) is 0 Å². The maximum absolute atomic E-state index is 10.6. The second-order valence-electron chi connectivity index (χ2n) is 8.03. The van der Waals surface area contributed by atoms with E-state index in [1.807, 2.05) is 16.8 Å². The molecule has 4 heterocycles. The van der Waals surface area contributed by atoms with E-state index in [1.54, 1.807) is 50.8 Å². The summed E-state index contributed by atoms with van der Waals surface area (Å²) < 4.78 is 1.93. The lowest BCUT2D eigenvalue weighted by molar-refractivity contribution is 0.0628. The molecule has 0 radical (unpaired) electrons. The van der Waals surface area contributed by atoms with Crippen LogP contribution in [0.25, 0.3) is 22.2 Å². The van der Waals surface area contributed by atoms with Gasteiger partial charge in [-0.1, -0.05) is 5.92 Å². The summed E-state index contributed by atoms with van der Waals surface area (Å²) in [6, 6.07) is 3.62. The standard InChI is InChI=1S/C22H22N6O2S/c1-21(2,29)13-28-12-16(17-5-7-25-20(23)27-17)15-10-14(26-11-18(15)28)4-6-22(3,30)19-24-8-9-31-19/h5,7-12,29-30H,13H2,1-3H3,(H2,23,25,27). The van der Waals surface area contributed by atoms with Crippen LogP contribution in [0, 0.1) is 11.8 Å². The minimum absolute atomic E-state index is 0.175. The van der Waals surface area contributed by atoms with E-state index in [9.17, 15) is 10.2 Å². The molecule has 8 nitrogen and oxygen atoms in total. The van der Waals surface area contributed by atoms with Gasteiger partial charge in [0.1, 0.15) is 10.7 Å². The molecule has 4 N–H and O–H groups in total. The largest absolute Gasteiger partial charge is 0.389 e. The molecule has 31 heavy (non-hydrogen) atoms. The van der Waals surface area contributed by atoms with Crippen molar-refractivity contribution >= 4 is 28.2 Å². The summed E-state index contributed by atoms with van der Waals surface area (Å²) in [6.45, 7) is 5.46. The summed E-state index contributed by atoms with van der Waals surface area (Å²) in [4.78, 5) is 16.9. The van der Waals surface area contributed by atoms with Crippen molar-refractivity contribution < 1.29 is 10.2 Å². The van der Waals surface area contributed by atoms with Crippen LogP contribution in [0.2, 0.25) is 0 Å². The van der Waals surface area contributed by atoms with Crippen LogP contribution in [0.1, 0.15) is 31.5 Å². The van der Waals surface area contributed by atoms with Crippen LogP contribution in [0.5, 0.6) is 0 Å². The number of hydrogen-bond acceptors (Lipinski definition) is 8. The predicted octanol–water partition coefficient (Wildman–Crippen LogP) is 2.56. The van der Waals surface area contributed by atoms with Crippen LogP contribution in [-0.4, -0.2) is 40.3 Å². The second-order valence-corrected chi connectivity index (χ2v) is 8.92. The van der Waals surface area contributed by atoms with Crippen molar-refractivity contribution in [1.82, 2.24) is 24.5 Å². The van der Waals surface area contributed by atoms with Crippen LogP contribution < -0.4 is 5.73 Å². The van der Waals surface area contributed by atoms with Gasteiger partial charge in [-0.15, -0.1) is 11.3 Å². The highest BCUT2D eigenvalue weighted by Gasteiger charge is 2.23. The van der Waals surface area contributed by atoms with Gasteiger partial charge in [0.2, 0.25) is 5.95 Å². The monoisotopic (exact) mass is 434 g/mol. The van der Waals surface area contributed by atoms with Crippen LogP contribution in [0.4, 0.5) is 5.95 Å². The number of pyridine rings is 1. The fourth-order valence-corrected chi connectivity index (χ4v) is 3.89. The van der Waals surface area contributed by atoms with E-state index in [4.69, 9.17) is 5.73 Å². The highest BCUT2D eigenvalue weighted by molar-refractivity contribution is 7.09. The predicted molar refractivity (Wildman–Crippen MR) is 120 cm³/mol. The van der Waals surface area contributed by atoms with E-state index in [0.717, 1.165) is 16.5 Å². The molecule has 0 bridgehead atoms. The van der Waals surface area contributed by atoms with Gasteiger partial charge in [-0.05, 0) is 38.8 Å². The van der Waals surface area contributed by atoms with Crippen molar-refractivity contribution in [2.45, 2.75) is 38.5 Å². The van der Waals surface area contributed by atoms with E-state index in [1.165, 1.54) is 11.3 Å². The molecular weight excluding hydrogens is 412 g/mol. The fourth-order valence-electron chi connectivity index (χ4n) is 3.23. The second kappa shape index (κ2) is 7.74. The molecule has 4 aromatic rings. The summed E-state index contributed by atoms with van der Waals surface area (Å²) >= 11 is 1.34. The van der Waals surface area contributed by atoms with Crippen LogP contribution in [0.15, 0.2) is 42.3 Å². The Labute approximate surface area is 183 Å². The summed E-state index contributed by atoms with van der Waals surface area (Å²) in [5.74, 6) is 5.98. The first-order chi connectivity index (χ1) is 14.6. The topological polar surface area (TPSA) is 123 Å². The third kappa shape index (κ3) is 4.56. The van der Waals surface area contributed by atoms with E-state index in [0.29, 0.717) is 22.9 Å². The first-order valence-electron chi connectivity index (χ1n) is 9.58. The summed E-state index contributed by atoms with van der Waals surface area (Å²) in [6.07, 6.45) is 6.85. The Morgan fingerprint density at radius 2 is 1.97 bits per heavy atom. The van der Waals surface area contributed by atoms with Gasteiger partial charge in [0, 0.05) is 34.9 Å². The maximum Gasteiger partial charge on any atom is 0.220 e. The third-order valence-corrected chi connectivity index (χ3v) is 5.54. The van der Waals surface area contributed by atoms with Crippen LogP contribution in [0.3, 0.4) is 0 Å². The molecule has 0 amide bonds. The van der Waals surface area contributed by atoms with Gasteiger partial charge in [-0.2, -0.15) is 0 Å². The molecule has 0 saturated carbocycles. The lowest BCUT2D eigenvalue weighted by atomic mass is 10.1. The van der Waals surface area contributed by atoms with Gasteiger partial charge in [-0.25, -0.2) is 19.9 Å². The number of hydrogen-bond donors (Lipinski definition) is 3. The fraction of sp³-hybridized carbons (Fsp3) is 0.273. The molecule has 0 aromatic carbocycles. The van der Waals surface area contributed by atoms with Crippen molar-refractivity contribution in [1.29, 1.82) is 0 Å². The number of anilines is 1. The third-order valence-electron chi connectivity index (χ3n) is 4.56. The maximum atomic E-state index is 10.6. The molecule has 1 atom stereocenters. The summed E-state index contributed by atoms with van der Waals surface area (Å²) in [5, 5.41) is 24.1. The van der Waals surface area contributed by atoms with Gasteiger partial charge in [-0.3, -0.25) is 0 Å². The number of nitrogens with zero attached hydrogens (tertiary/aromatic N) is 5. The zero-order valence-corrected chi connectivity index (χ0v) is 18.2. The minimum atomic E-state index is -1.37. The van der Waals surface area contributed by atoms with Crippen LogP contribution >= 0.6 is 11.3 Å². The molecule has 1 unspecified atom stereocenters. The van der Waals surface area contributed by atoms with Crippen molar-refractivity contribution in [3.05, 3.63) is 53.0 Å². The van der Waals surface area contributed by atoms with Gasteiger partial charge < -0.3 is 20.5 Å². The number of nitrogens with two attached hydrogens (primary N) is 1. The first kappa shape index (κ1) is 20.9. The molecule has 0 aliphatic carbocycles. The smallest absolute Gasteiger partial charge is 0.220 e. The molecular formula is C22H22N6O2S. The number of aromatic nitrogens is 5.